The highest BCUT2D eigenvalue weighted by Gasteiger charge is 2.19. The van der Waals surface area contributed by atoms with E-state index in [1.165, 1.54) is 28.1 Å². The molecule has 3 aromatic rings. The normalized spacial score (nSPS) is 10.9. The Morgan fingerprint density at radius 1 is 1.15 bits per heavy atom. The largest absolute Gasteiger partial charge is 0.352 e. The predicted octanol–water partition coefficient (Wildman–Crippen LogP) is 3.95. The lowest BCUT2D eigenvalue weighted by Crippen LogP contribution is -2.26. The molecule has 0 bridgehead atoms. The number of carbonyl (C=O) groups excluding carboxylic acids is 1. The number of rotatable bonds is 5. The lowest BCUT2D eigenvalue weighted by molar-refractivity contribution is 0.0954. The maximum absolute atomic E-state index is 14.1. The van der Waals surface area contributed by atoms with Gasteiger partial charge in [-0.2, -0.15) is 5.10 Å². The molecule has 2 aromatic carbocycles. The molecule has 0 atom stereocenters. The molecule has 6 heteroatoms. The number of nitrogens with one attached hydrogen (secondary N) is 1. The van der Waals surface area contributed by atoms with E-state index < -0.39 is 11.6 Å². The van der Waals surface area contributed by atoms with E-state index in [1.807, 2.05) is 19.9 Å². The predicted molar refractivity (Wildman–Crippen MR) is 101 cm³/mol. The zero-order valence-electron chi connectivity index (χ0n) is 15.5. The van der Waals surface area contributed by atoms with Gasteiger partial charge in [0.15, 0.2) is 0 Å². The summed E-state index contributed by atoms with van der Waals surface area (Å²) in [5.74, 6) is -1.77. The Balaban J connectivity index is 1.75. The topological polar surface area (TPSA) is 46.9 Å². The summed E-state index contributed by atoms with van der Waals surface area (Å²) in [4.78, 5) is 12.6. The molecule has 0 fully saturated rings. The standard InChI is InChI=1S/C21H21F2N3O/c1-13-4-5-15(14(2)10-13)8-9-24-21(27)18-12-26(3)25-20(18)17-7-6-16(22)11-19(17)23/h4-7,10-12H,8-9H2,1-3H3,(H,24,27). The van der Waals surface area contributed by atoms with Crippen LogP contribution in [0.4, 0.5) is 8.78 Å². The van der Waals surface area contributed by atoms with Gasteiger partial charge in [0, 0.05) is 31.4 Å². The minimum atomic E-state index is -0.752. The summed E-state index contributed by atoms with van der Waals surface area (Å²) in [5, 5.41) is 7.03. The summed E-state index contributed by atoms with van der Waals surface area (Å²) in [7, 11) is 1.65. The van der Waals surface area contributed by atoms with E-state index in [0.717, 1.165) is 17.7 Å². The molecule has 0 radical (unpaired) electrons. The molecule has 0 aliphatic heterocycles. The molecule has 0 aliphatic rings. The van der Waals surface area contributed by atoms with Gasteiger partial charge in [0.25, 0.3) is 5.91 Å². The highest BCUT2D eigenvalue weighted by molar-refractivity contribution is 5.99. The average Bonchev–Trinajstić information content (AvgIpc) is 2.98. The van der Waals surface area contributed by atoms with Crippen LogP contribution in [0.3, 0.4) is 0 Å². The van der Waals surface area contributed by atoms with Crippen molar-refractivity contribution in [3.63, 3.8) is 0 Å². The van der Waals surface area contributed by atoms with Gasteiger partial charge in [-0.1, -0.05) is 23.8 Å². The fraction of sp³-hybridized carbons (Fsp3) is 0.238. The Kier molecular flexibility index (Phi) is 5.35. The molecule has 1 amide bonds. The third kappa shape index (κ3) is 4.22. The third-order valence-corrected chi connectivity index (χ3v) is 4.44. The van der Waals surface area contributed by atoms with Gasteiger partial charge in [-0.05, 0) is 43.5 Å². The Morgan fingerprint density at radius 2 is 1.93 bits per heavy atom. The molecular formula is C21H21F2N3O. The molecule has 0 saturated heterocycles. The average molecular weight is 369 g/mol. The lowest BCUT2D eigenvalue weighted by Gasteiger charge is -2.09. The summed E-state index contributed by atoms with van der Waals surface area (Å²) in [6.07, 6.45) is 2.23. The van der Waals surface area contributed by atoms with E-state index in [1.54, 1.807) is 7.05 Å². The number of benzene rings is 2. The molecule has 1 N–H and O–H groups in total. The van der Waals surface area contributed by atoms with Crippen LogP contribution in [0.15, 0.2) is 42.6 Å². The molecule has 0 unspecified atom stereocenters. The summed E-state index contributed by atoms with van der Waals surface area (Å²) >= 11 is 0. The fourth-order valence-electron chi connectivity index (χ4n) is 3.07. The molecule has 0 aliphatic carbocycles. The second-order valence-corrected chi connectivity index (χ2v) is 6.63. The van der Waals surface area contributed by atoms with Crippen molar-refractivity contribution in [1.82, 2.24) is 15.1 Å². The molecule has 140 valence electrons. The number of hydrogen-bond acceptors (Lipinski definition) is 2. The van der Waals surface area contributed by atoms with Gasteiger partial charge in [0.05, 0.1) is 5.56 Å². The van der Waals surface area contributed by atoms with Gasteiger partial charge in [-0.3, -0.25) is 9.48 Å². The lowest BCUT2D eigenvalue weighted by atomic mass is 10.0. The summed E-state index contributed by atoms with van der Waals surface area (Å²) in [5.41, 5.74) is 4.08. The first kappa shape index (κ1) is 18.8. The van der Waals surface area contributed by atoms with Gasteiger partial charge >= 0.3 is 0 Å². The van der Waals surface area contributed by atoms with E-state index >= 15 is 0 Å². The quantitative estimate of drug-likeness (QED) is 0.740. The van der Waals surface area contributed by atoms with Crippen molar-refractivity contribution in [3.05, 3.63) is 76.5 Å². The van der Waals surface area contributed by atoms with Crippen LogP contribution in [0, 0.1) is 25.5 Å². The molecule has 1 heterocycles. The first-order valence-corrected chi connectivity index (χ1v) is 8.68. The van der Waals surface area contributed by atoms with E-state index in [-0.39, 0.29) is 22.7 Å². The van der Waals surface area contributed by atoms with Crippen LogP contribution < -0.4 is 5.32 Å². The molecular weight excluding hydrogens is 348 g/mol. The van der Waals surface area contributed by atoms with Gasteiger partial charge in [-0.15, -0.1) is 0 Å². The molecule has 1 aromatic heterocycles. The zero-order valence-corrected chi connectivity index (χ0v) is 15.5. The number of aromatic nitrogens is 2. The fourth-order valence-corrected chi connectivity index (χ4v) is 3.07. The maximum Gasteiger partial charge on any atom is 0.255 e. The zero-order chi connectivity index (χ0) is 19.6. The van der Waals surface area contributed by atoms with Gasteiger partial charge in [-0.25, -0.2) is 8.78 Å². The summed E-state index contributed by atoms with van der Waals surface area (Å²) < 4.78 is 28.7. The van der Waals surface area contributed by atoms with Crippen molar-refractivity contribution < 1.29 is 13.6 Å². The van der Waals surface area contributed by atoms with Crippen LogP contribution in [-0.4, -0.2) is 22.2 Å². The Morgan fingerprint density at radius 3 is 2.63 bits per heavy atom. The van der Waals surface area contributed by atoms with E-state index in [2.05, 4.69) is 22.5 Å². The van der Waals surface area contributed by atoms with Gasteiger partial charge in [0.1, 0.15) is 17.3 Å². The van der Waals surface area contributed by atoms with Crippen LogP contribution in [0.5, 0.6) is 0 Å². The van der Waals surface area contributed by atoms with Crippen LogP contribution in [0.1, 0.15) is 27.0 Å². The maximum atomic E-state index is 14.1. The summed E-state index contributed by atoms with van der Waals surface area (Å²) in [6, 6.07) is 9.43. The van der Waals surface area contributed by atoms with Crippen LogP contribution in [0.2, 0.25) is 0 Å². The first-order chi connectivity index (χ1) is 12.8. The Bertz CT molecular complexity index is 995. The summed E-state index contributed by atoms with van der Waals surface area (Å²) in [6.45, 7) is 4.53. The third-order valence-electron chi connectivity index (χ3n) is 4.44. The van der Waals surface area contributed by atoms with Crippen molar-refractivity contribution >= 4 is 5.91 Å². The van der Waals surface area contributed by atoms with Crippen molar-refractivity contribution in [1.29, 1.82) is 0 Å². The number of aryl methyl sites for hydroxylation is 3. The number of halogens is 2. The first-order valence-electron chi connectivity index (χ1n) is 8.68. The van der Waals surface area contributed by atoms with E-state index in [9.17, 15) is 13.6 Å². The Hall–Kier alpha value is -3.02. The molecule has 4 nitrogen and oxygen atoms in total. The highest BCUT2D eigenvalue weighted by atomic mass is 19.1. The van der Waals surface area contributed by atoms with Crippen molar-refractivity contribution in [2.75, 3.05) is 6.54 Å². The van der Waals surface area contributed by atoms with Crippen LogP contribution in [0.25, 0.3) is 11.3 Å². The smallest absolute Gasteiger partial charge is 0.255 e. The second-order valence-electron chi connectivity index (χ2n) is 6.63. The number of amides is 1. The molecule has 3 rings (SSSR count). The van der Waals surface area contributed by atoms with Crippen LogP contribution in [-0.2, 0) is 13.5 Å². The Labute approximate surface area is 156 Å². The molecule has 0 spiro atoms. The van der Waals surface area contributed by atoms with Crippen molar-refractivity contribution in [3.8, 4) is 11.3 Å². The van der Waals surface area contributed by atoms with Crippen molar-refractivity contribution in [2.45, 2.75) is 20.3 Å². The number of hydrogen-bond donors (Lipinski definition) is 1. The minimum Gasteiger partial charge on any atom is -0.352 e. The number of carbonyl (C=O) groups is 1. The highest BCUT2D eigenvalue weighted by Crippen LogP contribution is 2.25. The van der Waals surface area contributed by atoms with Crippen LogP contribution >= 0.6 is 0 Å². The SMILES string of the molecule is Cc1ccc(CCNC(=O)c2cn(C)nc2-c2ccc(F)cc2F)c(C)c1. The van der Waals surface area contributed by atoms with Crippen molar-refractivity contribution in [2.24, 2.45) is 7.05 Å². The minimum absolute atomic E-state index is 0.0940. The van der Waals surface area contributed by atoms with E-state index in [4.69, 9.17) is 0 Å². The van der Waals surface area contributed by atoms with Gasteiger partial charge in [0.2, 0.25) is 0 Å². The van der Waals surface area contributed by atoms with Gasteiger partial charge < -0.3 is 5.32 Å². The molecule has 27 heavy (non-hydrogen) atoms. The monoisotopic (exact) mass is 369 g/mol. The van der Waals surface area contributed by atoms with E-state index in [0.29, 0.717) is 13.0 Å². The number of nitrogens with zero attached hydrogens (tertiary/aromatic N) is 2. The molecule has 0 saturated carbocycles. The second kappa shape index (κ2) is 7.70.